The Morgan fingerprint density at radius 2 is 2.08 bits per heavy atom. The lowest BCUT2D eigenvalue weighted by atomic mass is 10.1. The molecule has 1 atom stereocenters. The van der Waals surface area contributed by atoms with Crippen LogP contribution in [0.15, 0.2) is 46.5 Å². The van der Waals surface area contributed by atoms with Gasteiger partial charge in [0.2, 0.25) is 5.91 Å². The molecule has 6 nitrogen and oxygen atoms in total. The molecule has 3 rings (SSSR count). The Hall–Kier alpha value is -2.54. The molecule has 0 radical (unpaired) electrons. The molecule has 0 spiro atoms. The number of hydrogen-bond acceptors (Lipinski definition) is 4. The second-order valence-electron chi connectivity index (χ2n) is 6.22. The molecule has 0 aliphatic rings. The number of fused-ring (bicyclic) bond motifs is 1. The van der Waals surface area contributed by atoms with E-state index >= 15 is 0 Å². The van der Waals surface area contributed by atoms with Gasteiger partial charge in [0.15, 0.2) is 5.16 Å². The van der Waals surface area contributed by atoms with Crippen molar-refractivity contribution in [2.75, 3.05) is 5.75 Å². The molecule has 0 aliphatic carbocycles. The van der Waals surface area contributed by atoms with Crippen LogP contribution in [0, 0.1) is 0 Å². The third kappa shape index (κ3) is 3.67. The molecule has 26 heavy (non-hydrogen) atoms. The number of aromatic nitrogens is 3. The molecule has 1 amide bonds. The summed E-state index contributed by atoms with van der Waals surface area (Å²) >= 11 is 1.27. The number of nitrogens with zero attached hydrogens (tertiary/aromatic N) is 2. The van der Waals surface area contributed by atoms with Crippen LogP contribution in [0.2, 0.25) is 0 Å². The average Bonchev–Trinajstić information content (AvgIpc) is 3.08. The predicted molar refractivity (Wildman–Crippen MR) is 105 cm³/mol. The zero-order valence-electron chi connectivity index (χ0n) is 15.1. The summed E-state index contributed by atoms with van der Waals surface area (Å²) in [6, 6.07) is 9.94. The summed E-state index contributed by atoms with van der Waals surface area (Å²) in [4.78, 5) is 32.4. The quantitative estimate of drug-likeness (QED) is 0.516. The van der Waals surface area contributed by atoms with Crippen LogP contribution < -0.4 is 10.9 Å². The van der Waals surface area contributed by atoms with Gasteiger partial charge in [0.05, 0.1) is 5.75 Å². The summed E-state index contributed by atoms with van der Waals surface area (Å²) in [6.07, 6.45) is 2.68. The topological polar surface area (TPSA) is 79.8 Å². The van der Waals surface area contributed by atoms with Crippen molar-refractivity contribution >= 4 is 28.7 Å². The van der Waals surface area contributed by atoms with Crippen molar-refractivity contribution in [1.29, 1.82) is 0 Å². The second-order valence-corrected chi connectivity index (χ2v) is 7.16. The molecule has 0 saturated heterocycles. The average molecular weight is 370 g/mol. The van der Waals surface area contributed by atoms with Gasteiger partial charge in [-0.1, -0.05) is 49.0 Å². The number of nitrogens with one attached hydrogen (secondary N) is 2. The highest BCUT2D eigenvalue weighted by Crippen LogP contribution is 2.27. The van der Waals surface area contributed by atoms with Crippen molar-refractivity contribution in [1.82, 2.24) is 19.9 Å². The summed E-state index contributed by atoms with van der Waals surface area (Å²) in [7, 11) is 1.67. The highest BCUT2D eigenvalue weighted by atomic mass is 32.2. The maximum Gasteiger partial charge on any atom is 0.278 e. The molecule has 7 heteroatoms. The molecule has 1 aromatic carbocycles. The largest absolute Gasteiger partial charge is 0.355 e. The molecule has 0 bridgehead atoms. The number of carbonyl (C=O) groups excluding carboxylic acids is 1. The zero-order valence-corrected chi connectivity index (χ0v) is 15.9. The highest BCUT2D eigenvalue weighted by Gasteiger charge is 2.16. The Kier molecular flexibility index (Phi) is 5.46. The Bertz CT molecular complexity index is 978. The maximum absolute atomic E-state index is 12.6. The Balaban J connectivity index is 1.93. The van der Waals surface area contributed by atoms with Crippen LogP contribution in [0.5, 0.6) is 0 Å². The highest BCUT2D eigenvalue weighted by molar-refractivity contribution is 7.99. The Morgan fingerprint density at radius 3 is 2.77 bits per heavy atom. The fourth-order valence-electron chi connectivity index (χ4n) is 2.64. The first kappa shape index (κ1) is 18.3. The van der Waals surface area contributed by atoms with Gasteiger partial charge in [0.25, 0.3) is 5.56 Å². The van der Waals surface area contributed by atoms with Crippen molar-refractivity contribution in [3.8, 4) is 11.1 Å². The van der Waals surface area contributed by atoms with E-state index in [0.717, 1.165) is 17.5 Å². The molecule has 0 aliphatic heterocycles. The first-order valence-corrected chi connectivity index (χ1v) is 9.55. The number of carbonyl (C=O) groups is 1. The molecular formula is C19H22N4O2S. The SMILES string of the molecule is CC[C@H](C)NC(=O)CSc1nc2c(-c3ccccc3)c[nH]c2c(=O)n1C. The van der Waals surface area contributed by atoms with E-state index in [-0.39, 0.29) is 23.3 Å². The normalized spacial score (nSPS) is 12.3. The van der Waals surface area contributed by atoms with E-state index in [0.29, 0.717) is 16.2 Å². The first-order valence-electron chi connectivity index (χ1n) is 8.57. The summed E-state index contributed by atoms with van der Waals surface area (Å²) in [6.45, 7) is 3.99. The minimum Gasteiger partial charge on any atom is -0.355 e. The van der Waals surface area contributed by atoms with Crippen LogP contribution in [0.4, 0.5) is 0 Å². The summed E-state index contributed by atoms with van der Waals surface area (Å²) in [5.74, 6) is 0.164. The molecule has 0 saturated carbocycles. The van der Waals surface area contributed by atoms with Crippen LogP contribution in [-0.4, -0.2) is 32.2 Å². The van der Waals surface area contributed by atoms with Crippen LogP contribution in [0.1, 0.15) is 20.3 Å². The molecule has 2 aromatic heterocycles. The molecular weight excluding hydrogens is 348 g/mol. The Morgan fingerprint density at radius 1 is 1.35 bits per heavy atom. The number of benzene rings is 1. The number of thioether (sulfide) groups is 1. The number of H-pyrrole nitrogens is 1. The van der Waals surface area contributed by atoms with Gasteiger partial charge in [-0.2, -0.15) is 0 Å². The molecule has 2 N–H and O–H groups in total. The number of hydrogen-bond donors (Lipinski definition) is 2. The lowest BCUT2D eigenvalue weighted by Crippen LogP contribution is -2.33. The first-order chi connectivity index (χ1) is 12.5. The van der Waals surface area contributed by atoms with E-state index in [9.17, 15) is 9.59 Å². The lowest BCUT2D eigenvalue weighted by molar-refractivity contribution is -0.119. The summed E-state index contributed by atoms with van der Waals surface area (Å²) in [5.41, 5.74) is 2.82. The lowest BCUT2D eigenvalue weighted by Gasteiger charge is -2.12. The zero-order chi connectivity index (χ0) is 18.7. The van der Waals surface area contributed by atoms with Gasteiger partial charge in [0.1, 0.15) is 11.0 Å². The number of aromatic amines is 1. The van der Waals surface area contributed by atoms with Crippen molar-refractivity contribution in [2.24, 2.45) is 7.05 Å². The number of rotatable bonds is 6. The van der Waals surface area contributed by atoms with E-state index < -0.39 is 0 Å². The summed E-state index contributed by atoms with van der Waals surface area (Å²) in [5, 5.41) is 3.45. The van der Waals surface area contributed by atoms with Crippen molar-refractivity contribution < 1.29 is 4.79 Å². The van der Waals surface area contributed by atoms with E-state index in [1.54, 1.807) is 13.2 Å². The fourth-order valence-corrected chi connectivity index (χ4v) is 3.41. The second kappa shape index (κ2) is 7.78. The molecule has 0 unspecified atom stereocenters. The van der Waals surface area contributed by atoms with Crippen LogP contribution >= 0.6 is 11.8 Å². The minimum absolute atomic E-state index is 0.0592. The van der Waals surface area contributed by atoms with Crippen LogP contribution in [0.3, 0.4) is 0 Å². The van der Waals surface area contributed by atoms with E-state index in [4.69, 9.17) is 0 Å². The summed E-state index contributed by atoms with van der Waals surface area (Å²) < 4.78 is 1.48. The van der Waals surface area contributed by atoms with E-state index in [1.165, 1.54) is 16.3 Å². The third-order valence-corrected chi connectivity index (χ3v) is 5.33. The van der Waals surface area contributed by atoms with Crippen molar-refractivity contribution in [3.63, 3.8) is 0 Å². The molecule has 0 fully saturated rings. The van der Waals surface area contributed by atoms with Gasteiger partial charge in [-0.15, -0.1) is 0 Å². The smallest absolute Gasteiger partial charge is 0.278 e. The van der Waals surface area contributed by atoms with Crippen molar-refractivity contribution in [2.45, 2.75) is 31.5 Å². The van der Waals surface area contributed by atoms with E-state index in [2.05, 4.69) is 15.3 Å². The molecule has 136 valence electrons. The van der Waals surface area contributed by atoms with E-state index in [1.807, 2.05) is 44.2 Å². The molecule has 2 heterocycles. The van der Waals surface area contributed by atoms with Crippen LogP contribution in [0.25, 0.3) is 22.2 Å². The minimum atomic E-state index is -0.151. The van der Waals surface area contributed by atoms with Gasteiger partial charge in [-0.25, -0.2) is 4.98 Å². The third-order valence-electron chi connectivity index (χ3n) is 4.30. The Labute approximate surface area is 156 Å². The fraction of sp³-hybridized carbons (Fsp3) is 0.316. The van der Waals surface area contributed by atoms with Crippen LogP contribution in [-0.2, 0) is 11.8 Å². The van der Waals surface area contributed by atoms with Gasteiger partial charge in [-0.05, 0) is 18.9 Å². The van der Waals surface area contributed by atoms with Crippen molar-refractivity contribution in [3.05, 3.63) is 46.9 Å². The van der Waals surface area contributed by atoms with Gasteiger partial charge in [-0.3, -0.25) is 14.2 Å². The molecule has 3 aromatic rings. The monoisotopic (exact) mass is 370 g/mol. The van der Waals surface area contributed by atoms with Gasteiger partial charge in [0, 0.05) is 24.8 Å². The van der Waals surface area contributed by atoms with Gasteiger partial charge >= 0.3 is 0 Å². The standard InChI is InChI=1S/C19H22N4O2S/c1-4-12(2)21-15(24)11-26-19-22-16-14(13-8-6-5-7-9-13)10-20-17(16)18(25)23(19)3/h5-10,12,20H,4,11H2,1-3H3,(H,21,24)/t12-/m0/s1. The van der Waals surface area contributed by atoms with Gasteiger partial charge < -0.3 is 10.3 Å². The number of amides is 1. The maximum atomic E-state index is 12.6. The predicted octanol–water partition coefficient (Wildman–Crippen LogP) is 2.94.